The molecule has 0 fully saturated rings. The predicted octanol–water partition coefficient (Wildman–Crippen LogP) is 2.88. The normalized spacial score (nSPS) is 12.5. The van der Waals surface area contributed by atoms with Gasteiger partial charge >= 0.3 is 6.18 Å². The summed E-state index contributed by atoms with van der Waals surface area (Å²) >= 11 is 0. The van der Waals surface area contributed by atoms with Gasteiger partial charge in [0.05, 0.1) is 17.2 Å². The van der Waals surface area contributed by atoms with Crippen LogP contribution >= 0.6 is 0 Å². The lowest BCUT2D eigenvalue weighted by Gasteiger charge is -2.31. The molecule has 1 aromatic rings. The first kappa shape index (κ1) is 17.8. The smallest absolute Gasteiger partial charge is 0.360 e. The van der Waals surface area contributed by atoms with Crippen molar-refractivity contribution < 1.29 is 18.0 Å². The van der Waals surface area contributed by atoms with Crippen LogP contribution in [0.1, 0.15) is 25.0 Å². The van der Waals surface area contributed by atoms with Gasteiger partial charge in [0.25, 0.3) is 0 Å². The van der Waals surface area contributed by atoms with E-state index in [-0.39, 0.29) is 11.6 Å². The second-order valence-electron chi connectivity index (χ2n) is 5.03. The SMILES string of the molecule is CCN(c1ccc(C#N)c(C(F)(F)F)c1)C(C)C(=O)N(C)C. The zero-order valence-corrected chi connectivity index (χ0v) is 12.9. The zero-order chi connectivity index (χ0) is 17.1. The van der Waals surface area contributed by atoms with E-state index in [1.165, 1.54) is 11.0 Å². The van der Waals surface area contributed by atoms with E-state index in [1.54, 1.807) is 38.9 Å². The molecule has 22 heavy (non-hydrogen) atoms. The van der Waals surface area contributed by atoms with Crippen molar-refractivity contribution in [2.75, 3.05) is 25.5 Å². The summed E-state index contributed by atoms with van der Waals surface area (Å²) in [4.78, 5) is 15.0. The number of carbonyl (C=O) groups excluding carboxylic acids is 1. The molecule has 120 valence electrons. The molecule has 0 aliphatic heterocycles. The van der Waals surface area contributed by atoms with Crippen molar-refractivity contribution in [3.05, 3.63) is 29.3 Å². The Morgan fingerprint density at radius 1 is 1.36 bits per heavy atom. The van der Waals surface area contributed by atoms with E-state index in [1.807, 2.05) is 0 Å². The molecule has 0 bridgehead atoms. The van der Waals surface area contributed by atoms with Crippen molar-refractivity contribution in [3.63, 3.8) is 0 Å². The molecule has 0 saturated carbocycles. The summed E-state index contributed by atoms with van der Waals surface area (Å²) in [6, 6.07) is 4.42. The maximum absolute atomic E-state index is 13.0. The summed E-state index contributed by atoms with van der Waals surface area (Å²) in [5.74, 6) is -0.209. The fourth-order valence-corrected chi connectivity index (χ4v) is 2.23. The summed E-state index contributed by atoms with van der Waals surface area (Å²) in [6.45, 7) is 3.76. The van der Waals surface area contributed by atoms with Crippen LogP contribution in [0.5, 0.6) is 0 Å². The van der Waals surface area contributed by atoms with Crippen LogP contribution in [0.2, 0.25) is 0 Å². The van der Waals surface area contributed by atoms with E-state index in [0.29, 0.717) is 6.54 Å². The highest BCUT2D eigenvalue weighted by molar-refractivity contribution is 5.84. The number of hydrogen-bond acceptors (Lipinski definition) is 3. The van der Waals surface area contributed by atoms with Gasteiger partial charge in [-0.25, -0.2) is 0 Å². The maximum Gasteiger partial charge on any atom is 0.417 e. The fraction of sp³-hybridized carbons (Fsp3) is 0.467. The molecule has 0 aliphatic carbocycles. The van der Waals surface area contributed by atoms with E-state index in [9.17, 15) is 18.0 Å². The number of amides is 1. The third-order valence-electron chi connectivity index (χ3n) is 3.37. The minimum absolute atomic E-state index is 0.209. The number of rotatable bonds is 4. The number of alkyl halides is 3. The molecule has 0 heterocycles. The molecule has 0 N–H and O–H groups in total. The molecule has 1 aromatic carbocycles. The number of carbonyl (C=O) groups is 1. The Kier molecular flexibility index (Phi) is 5.42. The van der Waals surface area contributed by atoms with Crippen molar-refractivity contribution >= 4 is 11.6 Å². The van der Waals surface area contributed by atoms with Crippen molar-refractivity contribution in [1.82, 2.24) is 4.90 Å². The van der Waals surface area contributed by atoms with Crippen LogP contribution in [-0.2, 0) is 11.0 Å². The first-order valence-electron chi connectivity index (χ1n) is 6.72. The fourth-order valence-electron chi connectivity index (χ4n) is 2.23. The molecule has 1 atom stereocenters. The van der Waals surface area contributed by atoms with Gasteiger partial charge in [0.15, 0.2) is 0 Å². The maximum atomic E-state index is 13.0. The first-order chi connectivity index (χ1) is 10.1. The molecule has 4 nitrogen and oxygen atoms in total. The van der Waals surface area contributed by atoms with Crippen LogP contribution in [0.15, 0.2) is 18.2 Å². The summed E-state index contributed by atoms with van der Waals surface area (Å²) in [6.07, 6.45) is -4.62. The largest absolute Gasteiger partial charge is 0.417 e. The molecule has 0 spiro atoms. The molecule has 1 unspecified atom stereocenters. The van der Waals surface area contributed by atoms with Crippen molar-refractivity contribution in [2.45, 2.75) is 26.1 Å². The van der Waals surface area contributed by atoms with Crippen LogP contribution in [0.4, 0.5) is 18.9 Å². The summed E-state index contributed by atoms with van der Waals surface area (Å²) in [7, 11) is 3.18. The summed E-state index contributed by atoms with van der Waals surface area (Å²) in [5.41, 5.74) is -1.16. The van der Waals surface area contributed by atoms with Crippen LogP contribution < -0.4 is 4.90 Å². The number of anilines is 1. The van der Waals surface area contributed by atoms with Crippen molar-refractivity contribution in [2.24, 2.45) is 0 Å². The Labute approximate surface area is 127 Å². The van der Waals surface area contributed by atoms with Crippen molar-refractivity contribution in [3.8, 4) is 6.07 Å². The van der Waals surface area contributed by atoms with E-state index in [0.717, 1.165) is 12.1 Å². The van der Waals surface area contributed by atoms with Gasteiger partial charge in [-0.1, -0.05) is 0 Å². The minimum Gasteiger partial charge on any atom is -0.360 e. The number of benzene rings is 1. The minimum atomic E-state index is -4.62. The van der Waals surface area contributed by atoms with Gasteiger partial charge in [-0.3, -0.25) is 4.79 Å². The topological polar surface area (TPSA) is 47.3 Å². The summed E-state index contributed by atoms with van der Waals surface area (Å²) in [5, 5.41) is 8.81. The second-order valence-corrected chi connectivity index (χ2v) is 5.03. The van der Waals surface area contributed by atoms with Crippen LogP contribution in [-0.4, -0.2) is 37.5 Å². The number of hydrogen-bond donors (Lipinski definition) is 0. The molecule has 7 heteroatoms. The highest BCUT2D eigenvalue weighted by atomic mass is 19.4. The van der Waals surface area contributed by atoms with Gasteiger partial charge in [0.2, 0.25) is 5.91 Å². The Morgan fingerprint density at radius 2 is 1.95 bits per heavy atom. The third-order valence-corrected chi connectivity index (χ3v) is 3.37. The van der Waals surface area contributed by atoms with Gasteiger partial charge in [0.1, 0.15) is 6.04 Å². The van der Waals surface area contributed by atoms with Gasteiger partial charge in [-0.2, -0.15) is 18.4 Å². The van der Waals surface area contributed by atoms with Gasteiger partial charge < -0.3 is 9.80 Å². The van der Waals surface area contributed by atoms with Crippen LogP contribution in [0.25, 0.3) is 0 Å². The monoisotopic (exact) mass is 313 g/mol. The average Bonchev–Trinajstić information content (AvgIpc) is 2.45. The number of nitriles is 1. The Balaban J connectivity index is 3.30. The predicted molar refractivity (Wildman–Crippen MR) is 77.3 cm³/mol. The molecule has 0 radical (unpaired) electrons. The van der Waals surface area contributed by atoms with E-state index in [2.05, 4.69) is 0 Å². The quantitative estimate of drug-likeness (QED) is 0.859. The third kappa shape index (κ3) is 3.70. The second kappa shape index (κ2) is 6.69. The van der Waals surface area contributed by atoms with Crippen LogP contribution in [0.3, 0.4) is 0 Å². The standard InChI is InChI=1S/C15H18F3N3O/c1-5-21(10(2)14(22)20(3)4)12-7-6-11(9-19)13(8-12)15(16,17)18/h6-8,10H,5H2,1-4H3. The number of halogens is 3. The molecular weight excluding hydrogens is 295 g/mol. The summed E-state index contributed by atoms with van der Waals surface area (Å²) < 4.78 is 39.1. The molecule has 0 aliphatic rings. The Morgan fingerprint density at radius 3 is 2.36 bits per heavy atom. The number of nitrogens with zero attached hydrogens (tertiary/aromatic N) is 3. The molecular formula is C15H18F3N3O. The highest BCUT2D eigenvalue weighted by Crippen LogP contribution is 2.34. The van der Waals surface area contributed by atoms with E-state index in [4.69, 9.17) is 5.26 Å². The van der Waals surface area contributed by atoms with Gasteiger partial charge in [-0.15, -0.1) is 0 Å². The van der Waals surface area contributed by atoms with Gasteiger partial charge in [-0.05, 0) is 32.0 Å². The lowest BCUT2D eigenvalue weighted by Crippen LogP contribution is -2.44. The Bertz CT molecular complexity index is 591. The van der Waals surface area contributed by atoms with Crippen LogP contribution in [0, 0.1) is 11.3 Å². The van der Waals surface area contributed by atoms with E-state index < -0.39 is 23.3 Å². The highest BCUT2D eigenvalue weighted by Gasteiger charge is 2.34. The molecule has 1 rings (SSSR count). The van der Waals surface area contributed by atoms with Crippen molar-refractivity contribution in [1.29, 1.82) is 5.26 Å². The molecule has 0 aromatic heterocycles. The Hall–Kier alpha value is -2.23. The zero-order valence-electron chi connectivity index (χ0n) is 12.9. The first-order valence-corrected chi connectivity index (χ1v) is 6.72. The molecule has 1 amide bonds. The van der Waals surface area contributed by atoms with Gasteiger partial charge in [0, 0.05) is 26.3 Å². The molecule has 0 saturated heterocycles. The lowest BCUT2D eigenvalue weighted by atomic mass is 10.1. The number of likely N-dealkylation sites (N-methyl/N-ethyl adjacent to an activating group) is 2. The lowest BCUT2D eigenvalue weighted by molar-refractivity contribution is -0.137. The van der Waals surface area contributed by atoms with E-state index >= 15 is 0 Å². The average molecular weight is 313 g/mol.